The number of hydrogen-bond donors (Lipinski definition) is 0. The molecule has 7 nitrogen and oxygen atoms in total. The monoisotopic (exact) mass is 334 g/mol. The molecule has 0 saturated carbocycles. The first-order valence-corrected chi connectivity index (χ1v) is 8.45. The third kappa shape index (κ3) is 2.37. The van der Waals surface area contributed by atoms with E-state index in [0.717, 1.165) is 11.4 Å². The predicted molar refractivity (Wildman–Crippen MR) is 86.1 cm³/mol. The molecule has 2 aliphatic heterocycles. The van der Waals surface area contributed by atoms with Crippen LogP contribution in [-0.2, 0) is 4.74 Å². The number of amides is 1. The predicted octanol–water partition coefficient (Wildman–Crippen LogP) is 0.219. The number of likely N-dealkylation sites (N-methyl/N-ethyl adjacent to an activating group) is 1. The van der Waals surface area contributed by atoms with E-state index in [0.29, 0.717) is 24.7 Å². The summed E-state index contributed by atoms with van der Waals surface area (Å²) in [6.07, 6.45) is 3.16. The van der Waals surface area contributed by atoms with Gasteiger partial charge in [-0.2, -0.15) is 0 Å². The molecule has 23 heavy (non-hydrogen) atoms. The molecule has 0 unspecified atom stereocenters. The Kier molecular flexibility index (Phi) is 3.47. The molecule has 4 rings (SSSR count). The molecule has 2 atom stereocenters. The second-order valence-electron chi connectivity index (χ2n) is 6.14. The minimum atomic E-state index is -0.298. The zero-order valence-corrected chi connectivity index (χ0v) is 13.9. The number of morpholine rings is 1. The molecule has 1 amide bonds. The Bertz CT molecular complexity index is 830. The molecule has 2 aromatic rings. The molecule has 8 heteroatoms. The van der Waals surface area contributed by atoms with Crippen LogP contribution < -0.4 is 5.56 Å². The third-order valence-electron chi connectivity index (χ3n) is 4.62. The van der Waals surface area contributed by atoms with Gasteiger partial charge in [-0.3, -0.25) is 18.9 Å². The molecule has 2 aromatic heterocycles. The number of rotatable bonds is 1. The van der Waals surface area contributed by atoms with Gasteiger partial charge in [0.2, 0.25) is 0 Å². The highest BCUT2D eigenvalue weighted by molar-refractivity contribution is 7.16. The molecule has 0 aliphatic carbocycles. The summed E-state index contributed by atoms with van der Waals surface area (Å²) in [7, 11) is 2.05. The lowest BCUT2D eigenvalue weighted by molar-refractivity contribution is -0.0368. The Hall–Kier alpha value is -1.77. The van der Waals surface area contributed by atoms with E-state index < -0.39 is 0 Å². The molecular formula is C15H18N4O3S. The van der Waals surface area contributed by atoms with Crippen molar-refractivity contribution < 1.29 is 9.53 Å². The van der Waals surface area contributed by atoms with Crippen molar-refractivity contribution in [1.29, 1.82) is 0 Å². The molecule has 2 aliphatic rings. The van der Waals surface area contributed by atoms with Crippen molar-refractivity contribution in [2.75, 3.05) is 33.3 Å². The highest BCUT2D eigenvalue weighted by Gasteiger charge is 2.41. The normalized spacial score (nSPS) is 25.0. The Morgan fingerprint density at radius 2 is 2.26 bits per heavy atom. The van der Waals surface area contributed by atoms with Crippen molar-refractivity contribution in [1.82, 2.24) is 19.2 Å². The molecular weight excluding hydrogens is 316 g/mol. The van der Waals surface area contributed by atoms with E-state index in [1.165, 1.54) is 21.9 Å². The van der Waals surface area contributed by atoms with Crippen LogP contribution >= 0.6 is 11.3 Å². The van der Waals surface area contributed by atoms with E-state index in [4.69, 9.17) is 4.74 Å². The fraction of sp³-hybridized carbons (Fsp3) is 0.533. The van der Waals surface area contributed by atoms with Crippen molar-refractivity contribution >= 4 is 22.2 Å². The molecule has 2 fully saturated rings. The molecule has 2 saturated heterocycles. The van der Waals surface area contributed by atoms with Gasteiger partial charge in [0, 0.05) is 36.9 Å². The van der Waals surface area contributed by atoms with Crippen molar-refractivity contribution in [2.45, 2.75) is 19.1 Å². The van der Waals surface area contributed by atoms with Gasteiger partial charge in [-0.25, -0.2) is 4.98 Å². The fourth-order valence-electron chi connectivity index (χ4n) is 3.34. The summed E-state index contributed by atoms with van der Waals surface area (Å²) in [5.41, 5.74) is -0.171. The first-order valence-electron chi connectivity index (χ1n) is 7.63. The summed E-state index contributed by atoms with van der Waals surface area (Å²) in [4.78, 5) is 35.1. The Balaban J connectivity index is 1.65. The van der Waals surface area contributed by atoms with Crippen LogP contribution in [0.2, 0.25) is 0 Å². The van der Waals surface area contributed by atoms with Crippen LogP contribution in [0.5, 0.6) is 0 Å². The Morgan fingerprint density at radius 3 is 3.04 bits per heavy atom. The largest absolute Gasteiger partial charge is 0.373 e. The Labute approximate surface area is 137 Å². The number of likely N-dealkylation sites (tertiary alicyclic amines) is 1. The second kappa shape index (κ2) is 5.40. The minimum absolute atomic E-state index is 0.0283. The molecule has 0 bridgehead atoms. The van der Waals surface area contributed by atoms with Crippen molar-refractivity contribution in [3.63, 3.8) is 0 Å². The smallest absolute Gasteiger partial charge is 0.271 e. The maximum absolute atomic E-state index is 12.8. The van der Waals surface area contributed by atoms with Crippen LogP contribution in [-0.4, -0.2) is 70.5 Å². The number of nitrogens with zero attached hydrogens (tertiary/aromatic N) is 4. The van der Waals surface area contributed by atoms with E-state index in [9.17, 15) is 9.59 Å². The fourth-order valence-corrected chi connectivity index (χ4v) is 4.12. The van der Waals surface area contributed by atoms with E-state index in [2.05, 4.69) is 9.88 Å². The first kappa shape index (κ1) is 14.8. The number of ether oxygens (including phenoxy) is 1. The maximum Gasteiger partial charge on any atom is 0.271 e. The van der Waals surface area contributed by atoms with Gasteiger partial charge in [0.1, 0.15) is 5.56 Å². The molecule has 0 spiro atoms. The van der Waals surface area contributed by atoms with Gasteiger partial charge in [-0.15, -0.1) is 11.3 Å². The number of hydrogen-bond acceptors (Lipinski definition) is 6. The SMILES string of the molecule is Cc1cn2c(=O)c(C(=O)N3C[C@@H]4OCCN(C)[C@H]4C3)cnc2s1. The summed E-state index contributed by atoms with van der Waals surface area (Å²) in [5, 5.41) is 0. The van der Waals surface area contributed by atoms with Crippen molar-refractivity contribution in [3.05, 3.63) is 33.2 Å². The summed E-state index contributed by atoms with van der Waals surface area (Å²) >= 11 is 1.44. The van der Waals surface area contributed by atoms with Gasteiger partial charge in [0.25, 0.3) is 11.5 Å². The summed E-state index contributed by atoms with van der Waals surface area (Å²) in [6, 6.07) is 0.204. The maximum atomic E-state index is 12.8. The van der Waals surface area contributed by atoms with Crippen LogP contribution in [0.25, 0.3) is 4.96 Å². The minimum Gasteiger partial charge on any atom is -0.373 e. The summed E-state index contributed by atoms with van der Waals surface area (Å²) in [5.74, 6) is -0.257. The zero-order valence-electron chi connectivity index (χ0n) is 13.1. The molecule has 122 valence electrons. The average Bonchev–Trinajstić information content (AvgIpc) is 3.11. The van der Waals surface area contributed by atoms with E-state index in [-0.39, 0.29) is 29.2 Å². The molecule has 0 aromatic carbocycles. The van der Waals surface area contributed by atoms with Gasteiger partial charge >= 0.3 is 0 Å². The lowest BCUT2D eigenvalue weighted by Crippen LogP contribution is -2.48. The van der Waals surface area contributed by atoms with Crippen LogP contribution in [0.4, 0.5) is 0 Å². The van der Waals surface area contributed by atoms with Crippen LogP contribution in [0, 0.1) is 6.92 Å². The standard InChI is InChI=1S/C15H18N4O3S/c1-9-6-19-14(21)10(5-16-15(19)23-9)13(20)18-7-11-12(8-18)22-4-3-17(11)2/h5-6,11-12H,3-4,7-8H2,1-2H3/t11-,12-/m0/s1. The number of carbonyl (C=O) groups is 1. The molecule has 0 N–H and O–H groups in total. The van der Waals surface area contributed by atoms with Gasteiger partial charge in [0.15, 0.2) is 4.96 Å². The molecule has 0 radical (unpaired) electrons. The van der Waals surface area contributed by atoms with E-state index >= 15 is 0 Å². The highest BCUT2D eigenvalue weighted by Crippen LogP contribution is 2.23. The first-order chi connectivity index (χ1) is 11.0. The van der Waals surface area contributed by atoms with Gasteiger partial charge in [0.05, 0.1) is 18.8 Å². The zero-order chi connectivity index (χ0) is 16.1. The van der Waals surface area contributed by atoms with Crippen LogP contribution in [0.15, 0.2) is 17.2 Å². The van der Waals surface area contributed by atoms with Gasteiger partial charge in [-0.05, 0) is 14.0 Å². The van der Waals surface area contributed by atoms with Gasteiger partial charge in [-0.1, -0.05) is 0 Å². The Morgan fingerprint density at radius 1 is 1.43 bits per heavy atom. The summed E-state index contributed by atoms with van der Waals surface area (Å²) < 4.78 is 7.22. The topological polar surface area (TPSA) is 67.2 Å². The quantitative estimate of drug-likeness (QED) is 0.746. The number of aromatic nitrogens is 2. The van der Waals surface area contributed by atoms with Crippen LogP contribution in [0.3, 0.4) is 0 Å². The average molecular weight is 334 g/mol. The summed E-state index contributed by atoms with van der Waals surface area (Å²) in [6.45, 7) is 4.58. The number of aryl methyl sites for hydroxylation is 1. The number of carbonyl (C=O) groups excluding carboxylic acids is 1. The second-order valence-corrected chi connectivity index (χ2v) is 7.35. The van der Waals surface area contributed by atoms with Crippen LogP contribution in [0.1, 0.15) is 15.2 Å². The van der Waals surface area contributed by atoms with E-state index in [1.54, 1.807) is 11.1 Å². The number of fused-ring (bicyclic) bond motifs is 2. The van der Waals surface area contributed by atoms with Crippen molar-refractivity contribution in [2.24, 2.45) is 0 Å². The highest BCUT2D eigenvalue weighted by atomic mass is 32.1. The number of thiazole rings is 1. The van der Waals surface area contributed by atoms with Crippen molar-refractivity contribution in [3.8, 4) is 0 Å². The lowest BCUT2D eigenvalue weighted by atomic mass is 10.1. The third-order valence-corrected chi connectivity index (χ3v) is 5.53. The van der Waals surface area contributed by atoms with E-state index in [1.807, 2.05) is 14.0 Å². The molecule has 4 heterocycles. The lowest BCUT2D eigenvalue weighted by Gasteiger charge is -2.33. The van der Waals surface area contributed by atoms with Gasteiger partial charge < -0.3 is 9.64 Å².